The predicted octanol–water partition coefficient (Wildman–Crippen LogP) is 9.08. The fourth-order valence-corrected chi connectivity index (χ4v) is 5.14. The highest BCUT2D eigenvalue weighted by Crippen LogP contribution is 2.35. The van der Waals surface area contributed by atoms with Crippen LogP contribution in [0.4, 0.5) is 17.6 Å². The van der Waals surface area contributed by atoms with Gasteiger partial charge in [0.15, 0.2) is 0 Å². The fraction of sp³-hybridized carbons (Fsp3) is 0.429. The van der Waals surface area contributed by atoms with Crippen molar-refractivity contribution in [1.82, 2.24) is 0 Å². The third-order valence-corrected chi connectivity index (χ3v) is 6.92. The minimum Gasteiger partial charge on any atom is -0.406 e. The van der Waals surface area contributed by atoms with Gasteiger partial charge in [-0.2, -0.15) is 0 Å². The van der Waals surface area contributed by atoms with Gasteiger partial charge in [0, 0.05) is 10.9 Å². The van der Waals surface area contributed by atoms with Crippen LogP contribution < -0.4 is 4.74 Å². The Morgan fingerprint density at radius 2 is 1.52 bits per heavy atom. The van der Waals surface area contributed by atoms with E-state index in [4.69, 9.17) is 0 Å². The zero-order valence-corrected chi connectivity index (χ0v) is 18.9. The minimum absolute atomic E-state index is 0.323. The summed E-state index contributed by atoms with van der Waals surface area (Å²) in [6.45, 7) is 2.26. The lowest BCUT2D eigenvalue weighted by molar-refractivity contribution is -0.274. The van der Waals surface area contributed by atoms with Gasteiger partial charge in [0.1, 0.15) is 11.6 Å². The molecule has 0 atom stereocenters. The Balaban J connectivity index is 1.43. The molecule has 0 heterocycles. The molecular weight excluding hydrogens is 428 g/mol. The van der Waals surface area contributed by atoms with Crippen LogP contribution in [0.3, 0.4) is 0 Å². The summed E-state index contributed by atoms with van der Waals surface area (Å²) in [5, 5.41) is 1.37. The van der Waals surface area contributed by atoms with Gasteiger partial charge in [-0.1, -0.05) is 87.9 Å². The van der Waals surface area contributed by atoms with E-state index >= 15 is 4.39 Å². The molecule has 0 aliphatic heterocycles. The molecule has 0 radical (unpaired) electrons. The normalized spacial score (nSPS) is 19.1. The van der Waals surface area contributed by atoms with Crippen LogP contribution in [0, 0.1) is 17.7 Å². The minimum atomic E-state index is -4.75. The van der Waals surface area contributed by atoms with Crippen molar-refractivity contribution in [3.8, 4) is 16.9 Å². The quantitative estimate of drug-likeness (QED) is 0.321. The van der Waals surface area contributed by atoms with Gasteiger partial charge in [-0.05, 0) is 53.3 Å². The third kappa shape index (κ3) is 6.07. The van der Waals surface area contributed by atoms with Gasteiger partial charge in [0.05, 0.1) is 0 Å². The Kier molecular flexibility index (Phi) is 7.26. The number of alkyl halides is 3. The Morgan fingerprint density at radius 1 is 0.848 bits per heavy atom. The molecule has 0 N–H and O–H groups in total. The highest BCUT2D eigenvalue weighted by Gasteiger charge is 2.31. The van der Waals surface area contributed by atoms with Crippen molar-refractivity contribution in [3.63, 3.8) is 0 Å². The Bertz CT molecular complexity index is 1060. The summed E-state index contributed by atoms with van der Waals surface area (Å²) in [7, 11) is 0. The van der Waals surface area contributed by atoms with E-state index in [0.29, 0.717) is 16.5 Å². The molecule has 1 nitrogen and oxygen atoms in total. The monoisotopic (exact) mass is 458 g/mol. The molecule has 5 heteroatoms. The van der Waals surface area contributed by atoms with Crippen molar-refractivity contribution >= 4 is 10.8 Å². The maximum atomic E-state index is 15.2. The van der Waals surface area contributed by atoms with E-state index in [-0.39, 0.29) is 11.6 Å². The third-order valence-electron chi connectivity index (χ3n) is 6.92. The van der Waals surface area contributed by atoms with Crippen LogP contribution in [0.2, 0.25) is 0 Å². The number of hydrogen-bond donors (Lipinski definition) is 0. The van der Waals surface area contributed by atoms with Crippen LogP contribution in [0.5, 0.6) is 5.75 Å². The summed E-state index contributed by atoms with van der Waals surface area (Å²) >= 11 is 0. The van der Waals surface area contributed by atoms with Gasteiger partial charge < -0.3 is 4.74 Å². The number of halogens is 4. The molecular formula is C28H30F4O. The second-order valence-corrected chi connectivity index (χ2v) is 9.27. The lowest BCUT2D eigenvalue weighted by atomic mass is 9.78. The fourth-order valence-electron chi connectivity index (χ4n) is 5.14. The summed E-state index contributed by atoms with van der Waals surface area (Å²) in [5.74, 6) is 1.02. The number of benzene rings is 3. The first kappa shape index (κ1) is 23.6. The van der Waals surface area contributed by atoms with E-state index in [0.717, 1.165) is 23.6 Å². The number of rotatable bonds is 7. The Morgan fingerprint density at radius 3 is 2.15 bits per heavy atom. The number of ether oxygens (including phenoxy) is 1. The standard InChI is InChI=1S/C28H30F4O/c1-2-3-19-4-6-20(7-5-19)8-9-21-10-16-26-23(18-21)13-17-25(27(26)29)22-11-14-24(15-12-22)33-28(30,31)32/h10-20H,2-9H2,1H3/t19-,20-. The molecule has 0 unspecified atom stereocenters. The summed E-state index contributed by atoms with van der Waals surface area (Å²) in [6, 6.07) is 14.7. The Hall–Kier alpha value is -2.56. The van der Waals surface area contributed by atoms with Gasteiger partial charge in [-0.25, -0.2) is 4.39 Å². The average molecular weight is 459 g/mol. The number of hydrogen-bond acceptors (Lipinski definition) is 1. The van der Waals surface area contributed by atoms with Crippen LogP contribution in [0.25, 0.3) is 21.9 Å². The lowest BCUT2D eigenvalue weighted by Crippen LogP contribution is -2.16. The SMILES string of the molecule is CCC[C@H]1CC[C@H](CCc2ccc3c(F)c(-c4ccc(OC(F)(F)F)cc4)ccc3c2)CC1. The Labute approximate surface area is 192 Å². The van der Waals surface area contributed by atoms with Crippen LogP contribution in [0.15, 0.2) is 54.6 Å². The van der Waals surface area contributed by atoms with E-state index in [1.807, 2.05) is 18.2 Å². The molecule has 0 aromatic heterocycles. The van der Waals surface area contributed by atoms with Crippen LogP contribution in [0.1, 0.15) is 57.4 Å². The maximum absolute atomic E-state index is 15.2. The van der Waals surface area contributed by atoms with E-state index in [9.17, 15) is 13.2 Å². The molecule has 0 bridgehead atoms. The van der Waals surface area contributed by atoms with Gasteiger partial charge in [0.2, 0.25) is 0 Å². The number of aryl methyl sites for hydroxylation is 1. The zero-order valence-electron chi connectivity index (χ0n) is 18.9. The summed E-state index contributed by atoms with van der Waals surface area (Å²) in [5.41, 5.74) is 2.09. The van der Waals surface area contributed by atoms with Gasteiger partial charge in [-0.3, -0.25) is 0 Å². The highest BCUT2D eigenvalue weighted by atomic mass is 19.4. The van der Waals surface area contributed by atoms with E-state index in [1.54, 1.807) is 6.07 Å². The molecule has 0 amide bonds. The van der Waals surface area contributed by atoms with Gasteiger partial charge in [0.25, 0.3) is 0 Å². The summed E-state index contributed by atoms with van der Waals surface area (Å²) in [6.07, 6.45) is 5.42. The molecule has 176 valence electrons. The lowest BCUT2D eigenvalue weighted by Gasteiger charge is -2.28. The van der Waals surface area contributed by atoms with Crippen molar-refractivity contribution in [3.05, 3.63) is 66.0 Å². The molecule has 4 rings (SSSR count). The number of fused-ring (bicyclic) bond motifs is 1. The first-order valence-corrected chi connectivity index (χ1v) is 11.9. The molecule has 1 aliphatic rings. The molecule has 1 fully saturated rings. The van der Waals surface area contributed by atoms with Crippen LogP contribution in [-0.2, 0) is 6.42 Å². The molecule has 33 heavy (non-hydrogen) atoms. The van der Waals surface area contributed by atoms with Gasteiger partial charge in [-0.15, -0.1) is 13.2 Å². The molecule has 3 aromatic carbocycles. The molecule has 3 aromatic rings. The topological polar surface area (TPSA) is 9.23 Å². The van der Waals surface area contributed by atoms with Crippen LogP contribution >= 0.6 is 0 Å². The first-order chi connectivity index (χ1) is 15.8. The maximum Gasteiger partial charge on any atom is 0.573 e. The van der Waals surface area contributed by atoms with Crippen LogP contribution in [-0.4, -0.2) is 6.36 Å². The smallest absolute Gasteiger partial charge is 0.406 e. The van der Waals surface area contributed by atoms with E-state index < -0.39 is 6.36 Å². The predicted molar refractivity (Wildman–Crippen MR) is 125 cm³/mol. The second kappa shape index (κ2) is 10.1. The van der Waals surface area contributed by atoms with E-state index in [1.165, 1.54) is 74.8 Å². The first-order valence-electron chi connectivity index (χ1n) is 11.9. The average Bonchev–Trinajstić information content (AvgIpc) is 2.79. The van der Waals surface area contributed by atoms with E-state index in [2.05, 4.69) is 17.7 Å². The summed E-state index contributed by atoms with van der Waals surface area (Å²) in [4.78, 5) is 0. The van der Waals surface area contributed by atoms with Crippen molar-refractivity contribution in [2.24, 2.45) is 11.8 Å². The van der Waals surface area contributed by atoms with Crippen molar-refractivity contribution < 1.29 is 22.3 Å². The van der Waals surface area contributed by atoms with Gasteiger partial charge >= 0.3 is 6.36 Å². The van der Waals surface area contributed by atoms with Crippen molar-refractivity contribution in [2.75, 3.05) is 0 Å². The zero-order chi connectivity index (χ0) is 23.4. The highest BCUT2D eigenvalue weighted by molar-refractivity contribution is 5.88. The molecule has 0 spiro atoms. The largest absolute Gasteiger partial charge is 0.573 e. The summed E-state index contributed by atoms with van der Waals surface area (Å²) < 4.78 is 56.2. The molecule has 0 saturated heterocycles. The second-order valence-electron chi connectivity index (χ2n) is 9.27. The van der Waals surface area contributed by atoms with Crippen molar-refractivity contribution in [2.45, 2.75) is 64.7 Å². The van der Waals surface area contributed by atoms with Crippen molar-refractivity contribution in [1.29, 1.82) is 0 Å². The molecule has 1 saturated carbocycles. The molecule has 1 aliphatic carbocycles.